The maximum atomic E-state index is 12.6. The van der Waals surface area contributed by atoms with Gasteiger partial charge in [0.25, 0.3) is 0 Å². The molecule has 1 N–H and O–H groups in total. The summed E-state index contributed by atoms with van der Waals surface area (Å²) in [5.74, 6) is 0.182. The average Bonchev–Trinajstić information content (AvgIpc) is 2.46. The lowest BCUT2D eigenvalue weighted by atomic mass is 9.96. The number of hydrogen-bond acceptors (Lipinski definition) is 3. The van der Waals surface area contributed by atoms with Crippen LogP contribution < -0.4 is 10.1 Å². The van der Waals surface area contributed by atoms with Crippen LogP contribution in [0.2, 0.25) is 0 Å². The molecule has 0 saturated heterocycles. The minimum atomic E-state index is -2.84. The summed E-state index contributed by atoms with van der Waals surface area (Å²) in [6.45, 7) is 1.79. The SMILES string of the molecule is CCNC(c1cnccc1C)c1ccccc1OC(F)F. The smallest absolute Gasteiger partial charge is 0.387 e. The molecule has 0 amide bonds. The molecule has 0 bridgehead atoms. The van der Waals surface area contributed by atoms with Gasteiger partial charge in [-0.3, -0.25) is 4.98 Å². The van der Waals surface area contributed by atoms with E-state index in [0.29, 0.717) is 12.1 Å². The molecular formula is C16H18F2N2O. The molecule has 0 radical (unpaired) electrons. The zero-order valence-electron chi connectivity index (χ0n) is 12.0. The van der Waals surface area contributed by atoms with Crippen LogP contribution in [0.15, 0.2) is 42.7 Å². The van der Waals surface area contributed by atoms with Crippen LogP contribution >= 0.6 is 0 Å². The Hall–Kier alpha value is -2.01. The highest BCUT2D eigenvalue weighted by Gasteiger charge is 2.20. The standard InChI is InChI=1S/C16H18F2N2O/c1-3-20-15(13-10-19-9-8-11(13)2)12-6-4-5-7-14(12)21-16(17)18/h4-10,15-16,20H,3H2,1-2H3. The van der Waals surface area contributed by atoms with Gasteiger partial charge < -0.3 is 10.1 Å². The summed E-state index contributed by atoms with van der Waals surface area (Å²) >= 11 is 0. The van der Waals surface area contributed by atoms with E-state index in [4.69, 9.17) is 0 Å². The molecule has 0 spiro atoms. The van der Waals surface area contributed by atoms with Gasteiger partial charge in [0.2, 0.25) is 0 Å². The molecular weight excluding hydrogens is 274 g/mol. The normalized spacial score (nSPS) is 12.4. The first kappa shape index (κ1) is 15.4. The molecule has 2 aromatic rings. The van der Waals surface area contributed by atoms with Crippen LogP contribution in [-0.4, -0.2) is 18.1 Å². The largest absolute Gasteiger partial charge is 0.434 e. The second-order valence-electron chi connectivity index (χ2n) is 4.64. The minimum Gasteiger partial charge on any atom is -0.434 e. The van der Waals surface area contributed by atoms with Gasteiger partial charge in [0.15, 0.2) is 0 Å². The van der Waals surface area contributed by atoms with Crippen molar-refractivity contribution in [2.75, 3.05) is 6.54 Å². The second kappa shape index (κ2) is 7.13. The lowest BCUT2D eigenvalue weighted by Gasteiger charge is -2.22. The molecule has 1 unspecified atom stereocenters. The number of para-hydroxylation sites is 1. The van der Waals surface area contributed by atoms with Gasteiger partial charge in [0.05, 0.1) is 6.04 Å². The Bertz CT molecular complexity index is 590. The van der Waals surface area contributed by atoms with Crippen LogP contribution in [0.5, 0.6) is 5.75 Å². The summed E-state index contributed by atoms with van der Waals surface area (Å²) < 4.78 is 29.8. The molecule has 5 heteroatoms. The van der Waals surface area contributed by atoms with Gasteiger partial charge in [0, 0.05) is 18.0 Å². The van der Waals surface area contributed by atoms with E-state index in [1.165, 1.54) is 0 Å². The second-order valence-corrected chi connectivity index (χ2v) is 4.64. The van der Waals surface area contributed by atoms with E-state index in [-0.39, 0.29) is 11.8 Å². The Morgan fingerprint density at radius 2 is 1.95 bits per heavy atom. The monoisotopic (exact) mass is 292 g/mol. The lowest BCUT2D eigenvalue weighted by Crippen LogP contribution is -2.24. The molecule has 1 heterocycles. The number of nitrogens with one attached hydrogen (secondary N) is 1. The molecule has 0 aliphatic heterocycles. The summed E-state index contributed by atoms with van der Waals surface area (Å²) in [7, 11) is 0. The molecule has 3 nitrogen and oxygen atoms in total. The highest BCUT2D eigenvalue weighted by Crippen LogP contribution is 2.32. The van der Waals surface area contributed by atoms with Crippen LogP contribution in [0.25, 0.3) is 0 Å². The van der Waals surface area contributed by atoms with Crippen LogP contribution in [0.1, 0.15) is 29.7 Å². The molecule has 0 aliphatic carbocycles. The molecule has 21 heavy (non-hydrogen) atoms. The van der Waals surface area contributed by atoms with Gasteiger partial charge in [-0.2, -0.15) is 8.78 Å². The van der Waals surface area contributed by atoms with Crippen molar-refractivity contribution >= 4 is 0 Å². The predicted octanol–water partition coefficient (Wildman–Crippen LogP) is 3.69. The van der Waals surface area contributed by atoms with Crippen LogP contribution in [-0.2, 0) is 0 Å². The van der Waals surface area contributed by atoms with Gasteiger partial charge >= 0.3 is 6.61 Å². The fraction of sp³-hybridized carbons (Fsp3) is 0.312. The fourth-order valence-electron chi connectivity index (χ4n) is 2.29. The first-order valence-corrected chi connectivity index (χ1v) is 6.81. The summed E-state index contributed by atoms with van der Waals surface area (Å²) in [6.07, 6.45) is 3.46. The zero-order valence-corrected chi connectivity index (χ0v) is 12.0. The van der Waals surface area contributed by atoms with Gasteiger partial charge in [-0.1, -0.05) is 25.1 Å². The summed E-state index contributed by atoms with van der Waals surface area (Å²) in [5, 5.41) is 3.30. The molecule has 0 fully saturated rings. The highest BCUT2D eigenvalue weighted by molar-refractivity contribution is 5.43. The Labute approximate surface area is 123 Å². The molecule has 2 rings (SSSR count). The van der Waals surface area contributed by atoms with Gasteiger partial charge in [-0.15, -0.1) is 0 Å². The number of aromatic nitrogens is 1. The number of ether oxygens (including phenoxy) is 1. The number of nitrogens with zero attached hydrogens (tertiary/aromatic N) is 1. The van der Waals surface area contributed by atoms with Gasteiger partial charge in [-0.25, -0.2) is 0 Å². The molecule has 112 valence electrons. The van der Waals surface area contributed by atoms with E-state index >= 15 is 0 Å². The highest BCUT2D eigenvalue weighted by atomic mass is 19.3. The lowest BCUT2D eigenvalue weighted by molar-refractivity contribution is -0.0506. The van der Waals surface area contributed by atoms with Gasteiger partial charge in [0.1, 0.15) is 5.75 Å². The van der Waals surface area contributed by atoms with Crippen molar-refractivity contribution in [1.29, 1.82) is 0 Å². The zero-order chi connectivity index (χ0) is 15.2. The first-order chi connectivity index (χ1) is 10.1. The molecule has 0 saturated carbocycles. The third-order valence-electron chi connectivity index (χ3n) is 3.24. The average molecular weight is 292 g/mol. The van der Waals surface area contributed by atoms with Gasteiger partial charge in [-0.05, 0) is 36.7 Å². The van der Waals surface area contributed by atoms with Crippen LogP contribution in [0.3, 0.4) is 0 Å². The Morgan fingerprint density at radius 1 is 1.19 bits per heavy atom. The Balaban J connectivity index is 2.46. The maximum Gasteiger partial charge on any atom is 0.387 e. The van der Waals surface area contributed by atoms with E-state index in [9.17, 15) is 8.78 Å². The quantitative estimate of drug-likeness (QED) is 0.881. The summed E-state index contributed by atoms with van der Waals surface area (Å²) in [6, 6.07) is 8.49. The molecule has 1 atom stereocenters. The number of hydrogen-bond donors (Lipinski definition) is 1. The van der Waals surface area contributed by atoms with Crippen molar-refractivity contribution in [1.82, 2.24) is 10.3 Å². The molecule has 0 aliphatic rings. The van der Waals surface area contributed by atoms with Crippen molar-refractivity contribution in [3.63, 3.8) is 0 Å². The number of halogens is 2. The molecule has 1 aromatic heterocycles. The number of alkyl halides is 2. The Morgan fingerprint density at radius 3 is 2.62 bits per heavy atom. The first-order valence-electron chi connectivity index (χ1n) is 6.81. The van der Waals surface area contributed by atoms with Crippen molar-refractivity contribution in [3.05, 3.63) is 59.4 Å². The van der Waals surface area contributed by atoms with Crippen molar-refractivity contribution in [2.45, 2.75) is 26.5 Å². The van der Waals surface area contributed by atoms with E-state index in [0.717, 1.165) is 11.1 Å². The van der Waals surface area contributed by atoms with E-state index < -0.39 is 6.61 Å². The minimum absolute atomic E-state index is 0.182. The maximum absolute atomic E-state index is 12.6. The fourth-order valence-corrected chi connectivity index (χ4v) is 2.29. The Kier molecular flexibility index (Phi) is 5.22. The topological polar surface area (TPSA) is 34.2 Å². The van der Waals surface area contributed by atoms with Crippen molar-refractivity contribution < 1.29 is 13.5 Å². The number of pyridine rings is 1. The summed E-state index contributed by atoms with van der Waals surface area (Å²) in [4.78, 5) is 4.14. The van der Waals surface area contributed by atoms with Crippen molar-refractivity contribution in [2.24, 2.45) is 0 Å². The van der Waals surface area contributed by atoms with Crippen LogP contribution in [0.4, 0.5) is 8.78 Å². The van der Waals surface area contributed by atoms with E-state index in [2.05, 4.69) is 15.0 Å². The molecule has 1 aromatic carbocycles. The number of benzene rings is 1. The van der Waals surface area contributed by atoms with Crippen LogP contribution in [0, 0.1) is 6.92 Å². The number of rotatable bonds is 6. The van der Waals surface area contributed by atoms with Crippen molar-refractivity contribution in [3.8, 4) is 5.75 Å². The number of aryl methyl sites for hydroxylation is 1. The summed E-state index contributed by atoms with van der Waals surface area (Å²) in [5.41, 5.74) is 2.67. The van der Waals surface area contributed by atoms with E-state index in [1.807, 2.05) is 26.0 Å². The van der Waals surface area contributed by atoms with E-state index in [1.54, 1.807) is 30.6 Å². The predicted molar refractivity (Wildman–Crippen MR) is 77.6 cm³/mol. The third-order valence-corrected chi connectivity index (χ3v) is 3.24. The third kappa shape index (κ3) is 3.76.